The Balaban J connectivity index is 3.26. The molecular weight excluding hydrogens is 218 g/mol. The molecule has 1 aromatic carbocycles. The van der Waals surface area contributed by atoms with Crippen molar-refractivity contribution in [2.75, 3.05) is 7.05 Å². The highest BCUT2D eigenvalue weighted by Crippen LogP contribution is 2.25. The molecule has 0 saturated carbocycles. The molecule has 0 amide bonds. The summed E-state index contributed by atoms with van der Waals surface area (Å²) in [6.45, 7) is 1.92. The molecule has 1 rings (SSSR count). The lowest BCUT2D eigenvalue weighted by atomic mass is 10.2. The maximum Gasteiger partial charge on any atom is 0.291 e. The molecule has 14 heavy (non-hydrogen) atoms. The van der Waals surface area contributed by atoms with Gasteiger partial charge in [0.15, 0.2) is 5.69 Å². The number of hydrogen-bond donors (Lipinski definition) is 2. The van der Waals surface area contributed by atoms with E-state index in [9.17, 15) is 0 Å². The van der Waals surface area contributed by atoms with Gasteiger partial charge in [0.05, 0.1) is 7.05 Å². The van der Waals surface area contributed by atoms with Crippen LogP contribution in [0.25, 0.3) is 0 Å². The molecule has 1 aromatic rings. The van der Waals surface area contributed by atoms with E-state index in [0.29, 0.717) is 5.02 Å². The van der Waals surface area contributed by atoms with Crippen molar-refractivity contribution < 1.29 is 0 Å². The molecule has 0 aliphatic heterocycles. The van der Waals surface area contributed by atoms with Crippen molar-refractivity contribution >= 4 is 34.6 Å². The summed E-state index contributed by atoms with van der Waals surface area (Å²) in [5.74, 6) is 5.96. The van der Waals surface area contributed by atoms with Crippen molar-refractivity contribution in [2.24, 2.45) is 11.6 Å². The molecule has 1 unspecified atom stereocenters. The van der Waals surface area contributed by atoms with Crippen LogP contribution in [0.3, 0.4) is 0 Å². The fourth-order valence-corrected chi connectivity index (χ4v) is 1.58. The second-order valence-electron chi connectivity index (χ2n) is 3.34. The molecule has 0 heterocycles. The Kier molecular flexibility index (Phi) is 3.11. The zero-order chi connectivity index (χ0) is 10.9. The SMILES string of the molecule is Cc1cc(Cl)ccc1[N+](C)(N)C(N)=S. The minimum atomic E-state index is -0.0989. The van der Waals surface area contributed by atoms with E-state index in [1.165, 1.54) is 0 Å². The molecule has 0 fully saturated rings. The zero-order valence-electron chi connectivity index (χ0n) is 8.12. The predicted molar refractivity (Wildman–Crippen MR) is 64.9 cm³/mol. The Bertz CT molecular complexity index is 376. The molecule has 0 saturated heterocycles. The van der Waals surface area contributed by atoms with E-state index in [1.54, 1.807) is 13.1 Å². The maximum absolute atomic E-state index is 5.96. The van der Waals surface area contributed by atoms with E-state index >= 15 is 0 Å². The Morgan fingerprint density at radius 3 is 2.50 bits per heavy atom. The lowest BCUT2D eigenvalue weighted by molar-refractivity contribution is 0.519. The monoisotopic (exact) mass is 230 g/mol. The van der Waals surface area contributed by atoms with Gasteiger partial charge in [-0.15, -0.1) is 0 Å². The summed E-state index contributed by atoms with van der Waals surface area (Å²) in [5.41, 5.74) is 7.37. The highest BCUT2D eigenvalue weighted by Gasteiger charge is 2.26. The van der Waals surface area contributed by atoms with Crippen molar-refractivity contribution in [1.82, 2.24) is 4.59 Å². The number of quaternary nitrogens is 1. The van der Waals surface area contributed by atoms with E-state index in [-0.39, 0.29) is 9.70 Å². The zero-order valence-corrected chi connectivity index (χ0v) is 9.69. The number of halogens is 1. The first kappa shape index (κ1) is 11.4. The van der Waals surface area contributed by atoms with Gasteiger partial charge in [0.25, 0.3) is 5.11 Å². The smallest absolute Gasteiger partial charge is 0.291 e. The first-order chi connectivity index (χ1) is 6.35. The van der Waals surface area contributed by atoms with Crippen molar-refractivity contribution in [3.05, 3.63) is 28.8 Å². The van der Waals surface area contributed by atoms with Gasteiger partial charge in [-0.25, -0.2) is 0 Å². The second kappa shape index (κ2) is 3.82. The van der Waals surface area contributed by atoms with Gasteiger partial charge in [-0.05, 0) is 19.1 Å². The Hall–Kier alpha value is -0.680. The summed E-state index contributed by atoms with van der Waals surface area (Å²) in [5, 5.41) is 0.893. The fraction of sp³-hybridized carbons (Fsp3) is 0.222. The van der Waals surface area contributed by atoms with E-state index in [4.69, 9.17) is 35.4 Å². The lowest BCUT2D eigenvalue weighted by Crippen LogP contribution is -2.59. The molecule has 76 valence electrons. The van der Waals surface area contributed by atoms with Crippen molar-refractivity contribution in [2.45, 2.75) is 6.92 Å². The van der Waals surface area contributed by atoms with Crippen molar-refractivity contribution in [3.8, 4) is 0 Å². The van der Waals surface area contributed by atoms with Crippen LogP contribution in [0.15, 0.2) is 18.2 Å². The van der Waals surface area contributed by atoms with Gasteiger partial charge in [0, 0.05) is 28.9 Å². The van der Waals surface area contributed by atoms with Crippen LogP contribution in [-0.2, 0) is 0 Å². The van der Waals surface area contributed by atoms with Gasteiger partial charge < -0.3 is 5.73 Å². The maximum atomic E-state index is 5.96. The summed E-state index contributed by atoms with van der Waals surface area (Å²) in [4.78, 5) is 0. The summed E-state index contributed by atoms with van der Waals surface area (Å²) in [7, 11) is 1.73. The highest BCUT2D eigenvalue weighted by atomic mass is 35.5. The quantitative estimate of drug-likeness (QED) is 0.334. The molecule has 0 bridgehead atoms. The lowest BCUT2D eigenvalue weighted by Gasteiger charge is -2.26. The molecule has 0 radical (unpaired) electrons. The minimum absolute atomic E-state index is 0.0989. The topological polar surface area (TPSA) is 52.0 Å². The summed E-state index contributed by atoms with van der Waals surface area (Å²) < 4.78 is -0.0989. The van der Waals surface area contributed by atoms with Crippen LogP contribution in [0.1, 0.15) is 5.56 Å². The Morgan fingerprint density at radius 1 is 1.50 bits per heavy atom. The average molecular weight is 231 g/mol. The average Bonchev–Trinajstić information content (AvgIpc) is 2.02. The molecule has 0 aliphatic carbocycles. The molecule has 0 aromatic heterocycles. The number of benzene rings is 1. The molecular formula is C9H13ClN3S+. The largest absolute Gasteiger partial charge is 0.343 e. The number of aryl methyl sites for hydroxylation is 1. The van der Waals surface area contributed by atoms with Crippen LogP contribution in [0.4, 0.5) is 5.69 Å². The minimum Gasteiger partial charge on any atom is -0.343 e. The predicted octanol–water partition coefficient (Wildman–Crippen LogP) is 1.70. The van der Waals surface area contributed by atoms with Crippen LogP contribution in [0, 0.1) is 6.92 Å². The van der Waals surface area contributed by atoms with Gasteiger partial charge >= 0.3 is 0 Å². The van der Waals surface area contributed by atoms with Gasteiger partial charge in [-0.1, -0.05) is 11.6 Å². The summed E-state index contributed by atoms with van der Waals surface area (Å²) in [6.07, 6.45) is 0. The van der Waals surface area contributed by atoms with Gasteiger partial charge in [-0.3, -0.25) is 0 Å². The number of nitrogens with zero attached hydrogens (tertiary/aromatic N) is 1. The third kappa shape index (κ3) is 2.04. The molecule has 5 heteroatoms. The van der Waals surface area contributed by atoms with Crippen molar-refractivity contribution in [1.29, 1.82) is 0 Å². The molecule has 4 N–H and O–H groups in total. The van der Waals surface area contributed by atoms with Gasteiger partial charge in [0.2, 0.25) is 0 Å². The third-order valence-electron chi connectivity index (χ3n) is 2.12. The van der Waals surface area contributed by atoms with Gasteiger partial charge in [0.1, 0.15) is 0 Å². The standard InChI is InChI=1S/C9H12ClN3S/c1-6-5-7(10)3-4-8(6)13(2,12)9(11)14/h3-5H,12H2,1-2H3,(H-,11,14)/p+1. The number of nitrogens with two attached hydrogens (primary N) is 2. The number of thiocarbonyl (C=S) groups is 1. The second-order valence-corrected chi connectivity index (χ2v) is 4.20. The molecule has 3 nitrogen and oxygen atoms in total. The molecule has 1 atom stereocenters. The first-order valence-electron chi connectivity index (χ1n) is 4.07. The van der Waals surface area contributed by atoms with Gasteiger partial charge in [-0.2, -0.15) is 10.4 Å². The fourth-order valence-electron chi connectivity index (χ4n) is 1.26. The molecule has 0 aliphatic rings. The van der Waals surface area contributed by atoms with Crippen molar-refractivity contribution in [3.63, 3.8) is 0 Å². The summed E-state index contributed by atoms with van der Waals surface area (Å²) in [6, 6.07) is 5.43. The van der Waals surface area contributed by atoms with E-state index in [0.717, 1.165) is 11.3 Å². The van der Waals surface area contributed by atoms with Crippen LogP contribution in [0.2, 0.25) is 5.02 Å². The number of rotatable bonds is 1. The van der Waals surface area contributed by atoms with Crippen LogP contribution in [-0.4, -0.2) is 12.2 Å². The first-order valence-corrected chi connectivity index (χ1v) is 4.86. The van der Waals surface area contributed by atoms with E-state index < -0.39 is 0 Å². The Labute approximate surface area is 93.8 Å². The summed E-state index contributed by atoms with van der Waals surface area (Å²) >= 11 is 10.7. The van der Waals surface area contributed by atoms with E-state index in [1.807, 2.05) is 19.1 Å². The number of hydrogen-bond acceptors (Lipinski definition) is 2. The third-order valence-corrected chi connectivity index (χ3v) is 2.73. The van der Waals surface area contributed by atoms with E-state index in [2.05, 4.69) is 0 Å². The van der Waals surface area contributed by atoms with Crippen LogP contribution >= 0.6 is 23.8 Å². The Morgan fingerprint density at radius 2 is 2.07 bits per heavy atom. The van der Waals surface area contributed by atoms with Crippen LogP contribution < -0.4 is 16.2 Å². The normalized spacial score (nSPS) is 14.9. The highest BCUT2D eigenvalue weighted by molar-refractivity contribution is 7.80. The van der Waals surface area contributed by atoms with Crippen LogP contribution in [0.5, 0.6) is 0 Å². The molecule has 0 spiro atoms.